The van der Waals surface area contributed by atoms with Crippen molar-refractivity contribution in [2.75, 3.05) is 39.2 Å². The third-order valence-corrected chi connectivity index (χ3v) is 4.50. The second-order valence-corrected chi connectivity index (χ2v) is 6.96. The molecule has 0 rings (SSSR count). The summed E-state index contributed by atoms with van der Waals surface area (Å²) >= 11 is 1.84. The Balaban J connectivity index is 0. The maximum absolute atomic E-state index is 12.3. The van der Waals surface area contributed by atoms with Crippen LogP contribution < -0.4 is 10.6 Å². The molecular formula is C19H39N3O3S. The van der Waals surface area contributed by atoms with Gasteiger partial charge in [-0.3, -0.25) is 14.4 Å². The van der Waals surface area contributed by atoms with Gasteiger partial charge in [0.2, 0.25) is 11.8 Å². The van der Waals surface area contributed by atoms with Crippen molar-refractivity contribution in [3.05, 3.63) is 0 Å². The van der Waals surface area contributed by atoms with E-state index in [0.29, 0.717) is 19.5 Å². The quantitative estimate of drug-likeness (QED) is 0.446. The van der Waals surface area contributed by atoms with E-state index in [1.807, 2.05) is 25.6 Å². The van der Waals surface area contributed by atoms with Crippen molar-refractivity contribution in [1.29, 1.82) is 0 Å². The molecule has 26 heavy (non-hydrogen) atoms. The second-order valence-electron chi connectivity index (χ2n) is 5.98. The SMILES string of the molecule is CC.CNCCNC(=O)C(CC(C)=O)N(C)C(=O)CCCCCCSC. The van der Waals surface area contributed by atoms with Crippen LogP contribution in [0.15, 0.2) is 0 Å². The normalized spacial score (nSPS) is 11.2. The van der Waals surface area contributed by atoms with Gasteiger partial charge in [-0.15, -0.1) is 0 Å². The van der Waals surface area contributed by atoms with Gasteiger partial charge in [-0.25, -0.2) is 0 Å². The van der Waals surface area contributed by atoms with Gasteiger partial charge in [0.25, 0.3) is 0 Å². The van der Waals surface area contributed by atoms with Gasteiger partial charge in [0.1, 0.15) is 11.8 Å². The maximum Gasteiger partial charge on any atom is 0.243 e. The summed E-state index contributed by atoms with van der Waals surface area (Å²) in [5.41, 5.74) is 0. The number of unbranched alkanes of at least 4 members (excludes halogenated alkanes) is 3. The monoisotopic (exact) mass is 389 g/mol. The van der Waals surface area contributed by atoms with Gasteiger partial charge in [-0.05, 0) is 38.8 Å². The van der Waals surface area contributed by atoms with Crippen molar-refractivity contribution in [3.8, 4) is 0 Å². The molecule has 0 saturated carbocycles. The molecule has 0 aliphatic rings. The van der Waals surface area contributed by atoms with Crippen LogP contribution in [0, 0.1) is 0 Å². The molecule has 0 fully saturated rings. The highest BCUT2D eigenvalue weighted by molar-refractivity contribution is 7.98. The molecule has 0 aromatic rings. The highest BCUT2D eigenvalue weighted by atomic mass is 32.2. The molecule has 7 heteroatoms. The Bertz CT molecular complexity index is 392. The van der Waals surface area contributed by atoms with Crippen molar-refractivity contribution < 1.29 is 14.4 Å². The molecule has 0 heterocycles. The minimum absolute atomic E-state index is 0.0569. The summed E-state index contributed by atoms with van der Waals surface area (Å²) in [6.45, 7) is 6.56. The molecule has 0 bridgehead atoms. The van der Waals surface area contributed by atoms with E-state index < -0.39 is 6.04 Å². The molecule has 1 unspecified atom stereocenters. The molecule has 1 atom stereocenters. The van der Waals surface area contributed by atoms with E-state index in [-0.39, 0.29) is 24.0 Å². The summed E-state index contributed by atoms with van der Waals surface area (Å²) in [7, 11) is 3.41. The fourth-order valence-corrected chi connectivity index (χ4v) is 2.83. The average Bonchev–Trinajstić information content (AvgIpc) is 2.63. The number of carbonyl (C=O) groups is 3. The number of amides is 2. The zero-order valence-corrected chi connectivity index (χ0v) is 18.3. The first-order valence-electron chi connectivity index (χ1n) is 9.60. The van der Waals surface area contributed by atoms with E-state index >= 15 is 0 Å². The van der Waals surface area contributed by atoms with Crippen molar-refractivity contribution in [3.63, 3.8) is 0 Å². The predicted octanol–water partition coefficient (Wildman–Crippen LogP) is 2.47. The van der Waals surface area contributed by atoms with Gasteiger partial charge in [-0.1, -0.05) is 26.7 Å². The van der Waals surface area contributed by atoms with E-state index in [4.69, 9.17) is 0 Å². The van der Waals surface area contributed by atoms with E-state index in [1.165, 1.54) is 18.2 Å². The molecule has 0 radical (unpaired) electrons. The van der Waals surface area contributed by atoms with Crippen molar-refractivity contribution in [2.24, 2.45) is 0 Å². The lowest BCUT2D eigenvalue weighted by molar-refractivity contribution is -0.140. The molecule has 0 aliphatic heterocycles. The van der Waals surface area contributed by atoms with Crippen molar-refractivity contribution in [2.45, 2.75) is 65.3 Å². The number of hydrogen-bond acceptors (Lipinski definition) is 5. The summed E-state index contributed by atoms with van der Waals surface area (Å²) in [6.07, 6.45) is 6.72. The summed E-state index contributed by atoms with van der Waals surface area (Å²) in [5.74, 6) is 0.716. The van der Waals surface area contributed by atoms with Crippen LogP contribution in [0.5, 0.6) is 0 Å². The van der Waals surface area contributed by atoms with Crippen LogP contribution in [0.4, 0.5) is 0 Å². The first-order valence-corrected chi connectivity index (χ1v) is 11.0. The number of nitrogens with one attached hydrogen (secondary N) is 2. The topological polar surface area (TPSA) is 78.5 Å². The van der Waals surface area contributed by atoms with Crippen LogP contribution in [0.25, 0.3) is 0 Å². The number of likely N-dealkylation sites (N-methyl/N-ethyl adjacent to an activating group) is 2. The Morgan fingerprint density at radius 1 is 1.04 bits per heavy atom. The van der Waals surface area contributed by atoms with Gasteiger partial charge in [0, 0.05) is 33.0 Å². The van der Waals surface area contributed by atoms with E-state index in [0.717, 1.165) is 25.0 Å². The number of hydrogen-bond donors (Lipinski definition) is 2. The highest BCUT2D eigenvalue weighted by Gasteiger charge is 2.27. The van der Waals surface area contributed by atoms with E-state index in [1.54, 1.807) is 14.1 Å². The van der Waals surface area contributed by atoms with Gasteiger partial charge in [0.15, 0.2) is 0 Å². The summed E-state index contributed by atoms with van der Waals surface area (Å²) < 4.78 is 0. The lowest BCUT2D eigenvalue weighted by Crippen LogP contribution is -2.49. The number of thioether (sulfide) groups is 1. The van der Waals surface area contributed by atoms with Crippen molar-refractivity contribution >= 4 is 29.4 Å². The molecule has 0 aliphatic carbocycles. The van der Waals surface area contributed by atoms with Crippen molar-refractivity contribution in [1.82, 2.24) is 15.5 Å². The lowest BCUT2D eigenvalue weighted by atomic mass is 10.1. The average molecular weight is 390 g/mol. The fraction of sp³-hybridized carbons (Fsp3) is 0.842. The molecule has 6 nitrogen and oxygen atoms in total. The van der Waals surface area contributed by atoms with Crippen LogP contribution in [0.1, 0.15) is 59.3 Å². The van der Waals surface area contributed by atoms with Crippen LogP contribution >= 0.6 is 11.8 Å². The first-order chi connectivity index (χ1) is 12.4. The predicted molar refractivity (Wildman–Crippen MR) is 112 cm³/mol. The summed E-state index contributed by atoms with van der Waals surface area (Å²) in [5, 5.41) is 5.71. The number of carbonyl (C=O) groups excluding carboxylic acids is 3. The van der Waals surface area contributed by atoms with E-state index in [2.05, 4.69) is 16.9 Å². The Morgan fingerprint density at radius 3 is 2.19 bits per heavy atom. The number of nitrogens with zero attached hydrogens (tertiary/aromatic N) is 1. The van der Waals surface area contributed by atoms with Crippen LogP contribution in [0.3, 0.4) is 0 Å². The summed E-state index contributed by atoms with van der Waals surface area (Å²) in [6, 6.07) is -0.719. The molecule has 0 aromatic carbocycles. The molecule has 2 N–H and O–H groups in total. The minimum atomic E-state index is -0.719. The molecule has 0 saturated heterocycles. The standard InChI is InChI=1S/C17H33N3O3S.C2H6/c1-14(21)13-15(17(23)19-11-10-18-2)20(3)16(22)9-7-5-6-8-12-24-4;1-2/h15,18H,5-13H2,1-4H3,(H,19,23);1-2H3. The lowest BCUT2D eigenvalue weighted by Gasteiger charge is -2.27. The zero-order valence-electron chi connectivity index (χ0n) is 17.5. The molecule has 2 amide bonds. The molecule has 0 aromatic heterocycles. The minimum Gasteiger partial charge on any atom is -0.353 e. The van der Waals surface area contributed by atoms with Gasteiger partial charge in [0.05, 0.1) is 0 Å². The Labute approximate surface area is 164 Å². The molecule has 154 valence electrons. The Morgan fingerprint density at radius 2 is 1.65 bits per heavy atom. The van der Waals surface area contributed by atoms with Crippen LogP contribution in [-0.2, 0) is 14.4 Å². The number of rotatable bonds is 14. The Kier molecular flexibility index (Phi) is 19.5. The van der Waals surface area contributed by atoms with Gasteiger partial charge < -0.3 is 15.5 Å². The Hall–Kier alpha value is -1.08. The van der Waals surface area contributed by atoms with Gasteiger partial charge >= 0.3 is 0 Å². The van der Waals surface area contributed by atoms with E-state index in [9.17, 15) is 14.4 Å². The largest absolute Gasteiger partial charge is 0.353 e. The number of Topliss-reactive ketones (excluding diaryl/α,β-unsaturated/α-hetero) is 1. The fourth-order valence-electron chi connectivity index (χ4n) is 2.33. The van der Waals surface area contributed by atoms with Gasteiger partial charge in [-0.2, -0.15) is 11.8 Å². The van der Waals surface area contributed by atoms with Crippen LogP contribution in [0.2, 0.25) is 0 Å². The maximum atomic E-state index is 12.3. The highest BCUT2D eigenvalue weighted by Crippen LogP contribution is 2.11. The number of ketones is 1. The third-order valence-electron chi connectivity index (χ3n) is 3.81. The summed E-state index contributed by atoms with van der Waals surface area (Å²) in [4.78, 5) is 37.4. The zero-order chi connectivity index (χ0) is 20.4. The molecular weight excluding hydrogens is 350 g/mol. The second kappa shape index (κ2) is 18.7. The molecule has 0 spiro atoms. The third kappa shape index (κ3) is 14.1. The first kappa shape index (κ1) is 27.1. The van der Waals surface area contributed by atoms with Crippen LogP contribution in [-0.4, -0.2) is 67.7 Å². The smallest absolute Gasteiger partial charge is 0.243 e.